The number of carbonyl (C=O) groups excluding carboxylic acids is 3. The molecule has 1 heterocycles. The van der Waals surface area contributed by atoms with Crippen LogP contribution in [0.15, 0.2) is 41.3 Å². The Morgan fingerprint density at radius 3 is 2.83 bits per heavy atom. The van der Waals surface area contributed by atoms with Crippen molar-refractivity contribution in [1.82, 2.24) is 10.6 Å². The van der Waals surface area contributed by atoms with E-state index in [2.05, 4.69) is 11.9 Å². The largest absolute Gasteiger partial charge is 0.450 e. The lowest BCUT2D eigenvalue weighted by atomic mass is 10.2. The molecule has 0 bridgehead atoms. The molecular weight excluding hydrogens is 324 g/mol. The summed E-state index contributed by atoms with van der Waals surface area (Å²) in [5, 5.41) is 5.48. The van der Waals surface area contributed by atoms with Crippen LogP contribution in [0.2, 0.25) is 5.02 Å². The van der Waals surface area contributed by atoms with E-state index in [1.165, 1.54) is 12.1 Å². The maximum atomic E-state index is 11.8. The Bertz CT molecular complexity index is 768. The third kappa shape index (κ3) is 4.58. The maximum Gasteiger partial charge on any atom is 0.374 e. The number of esters is 1. The van der Waals surface area contributed by atoms with Crippen molar-refractivity contribution in [2.45, 2.75) is 0 Å². The van der Waals surface area contributed by atoms with E-state index in [0.29, 0.717) is 16.0 Å². The van der Waals surface area contributed by atoms with Crippen molar-refractivity contribution in [1.29, 1.82) is 0 Å². The highest BCUT2D eigenvalue weighted by atomic mass is 35.5. The summed E-state index contributed by atoms with van der Waals surface area (Å²) in [7, 11) is 0. The van der Waals surface area contributed by atoms with Crippen molar-refractivity contribution in [2.24, 2.45) is 0 Å². The summed E-state index contributed by atoms with van der Waals surface area (Å²) in [5.41, 5.74) is 0.467. The van der Waals surface area contributed by atoms with Crippen LogP contribution in [0.25, 0.3) is 11.0 Å². The van der Waals surface area contributed by atoms with Crippen molar-refractivity contribution in [3.05, 3.63) is 47.7 Å². The van der Waals surface area contributed by atoms with E-state index in [-0.39, 0.29) is 12.3 Å². The Labute approximate surface area is 136 Å². The number of halogens is 1. The maximum absolute atomic E-state index is 11.8. The normalized spacial score (nSPS) is 10.1. The first-order valence-corrected chi connectivity index (χ1v) is 6.92. The third-order valence-electron chi connectivity index (χ3n) is 2.67. The van der Waals surface area contributed by atoms with Gasteiger partial charge in [0.05, 0.1) is 0 Å². The fourth-order valence-corrected chi connectivity index (χ4v) is 1.87. The van der Waals surface area contributed by atoms with Crippen LogP contribution in [0, 0.1) is 0 Å². The van der Waals surface area contributed by atoms with Crippen molar-refractivity contribution in [2.75, 3.05) is 13.2 Å². The van der Waals surface area contributed by atoms with Crippen LogP contribution in [0.4, 0.5) is 4.79 Å². The first-order valence-electron chi connectivity index (χ1n) is 6.54. The van der Waals surface area contributed by atoms with E-state index in [0.717, 1.165) is 0 Å². The number of furan rings is 1. The third-order valence-corrected chi connectivity index (χ3v) is 2.91. The number of nitrogens with one attached hydrogen (secondary N) is 2. The van der Waals surface area contributed by atoms with Crippen LogP contribution < -0.4 is 10.6 Å². The lowest BCUT2D eigenvalue weighted by molar-refractivity contribution is -0.123. The Kier molecular flexibility index (Phi) is 5.37. The topological polar surface area (TPSA) is 97.6 Å². The number of carbonyl (C=O) groups is 3. The van der Waals surface area contributed by atoms with E-state index in [4.69, 9.17) is 20.8 Å². The number of imide groups is 1. The molecule has 0 aliphatic rings. The molecule has 0 aliphatic heterocycles. The van der Waals surface area contributed by atoms with Crippen LogP contribution in [-0.4, -0.2) is 31.1 Å². The predicted octanol–water partition coefficient (Wildman–Crippen LogP) is 2.25. The van der Waals surface area contributed by atoms with Crippen LogP contribution in [-0.2, 0) is 9.53 Å². The van der Waals surface area contributed by atoms with Crippen molar-refractivity contribution in [3.63, 3.8) is 0 Å². The minimum atomic E-state index is -0.820. The van der Waals surface area contributed by atoms with Gasteiger partial charge in [0, 0.05) is 17.0 Å². The van der Waals surface area contributed by atoms with Crippen LogP contribution in [0.5, 0.6) is 0 Å². The Morgan fingerprint density at radius 2 is 2.09 bits per heavy atom. The summed E-state index contributed by atoms with van der Waals surface area (Å²) in [6.07, 6.45) is 1.46. The number of hydrogen-bond acceptors (Lipinski definition) is 5. The molecule has 1 aromatic carbocycles. The van der Waals surface area contributed by atoms with E-state index >= 15 is 0 Å². The molecule has 0 radical (unpaired) electrons. The average Bonchev–Trinajstić information content (AvgIpc) is 2.93. The van der Waals surface area contributed by atoms with Gasteiger partial charge in [0.25, 0.3) is 5.91 Å². The molecule has 2 rings (SSSR count). The highest BCUT2D eigenvalue weighted by molar-refractivity contribution is 6.31. The highest BCUT2D eigenvalue weighted by Gasteiger charge is 2.16. The van der Waals surface area contributed by atoms with Gasteiger partial charge in [-0.3, -0.25) is 10.1 Å². The molecule has 0 saturated carbocycles. The average molecular weight is 337 g/mol. The number of ether oxygens (including phenoxy) is 1. The van der Waals surface area contributed by atoms with Gasteiger partial charge in [-0.1, -0.05) is 17.7 Å². The molecule has 23 heavy (non-hydrogen) atoms. The molecule has 0 saturated heterocycles. The van der Waals surface area contributed by atoms with Gasteiger partial charge in [-0.15, -0.1) is 6.58 Å². The predicted molar refractivity (Wildman–Crippen MR) is 83.2 cm³/mol. The van der Waals surface area contributed by atoms with E-state index in [1.54, 1.807) is 18.2 Å². The van der Waals surface area contributed by atoms with E-state index in [1.807, 2.05) is 5.32 Å². The Morgan fingerprint density at radius 1 is 1.30 bits per heavy atom. The first kappa shape index (κ1) is 16.6. The monoisotopic (exact) mass is 336 g/mol. The van der Waals surface area contributed by atoms with Crippen molar-refractivity contribution >= 4 is 40.5 Å². The second-order valence-corrected chi connectivity index (χ2v) is 4.85. The minimum Gasteiger partial charge on any atom is -0.450 e. The zero-order valence-electron chi connectivity index (χ0n) is 11.9. The quantitative estimate of drug-likeness (QED) is 0.644. The van der Waals surface area contributed by atoms with Gasteiger partial charge in [-0.2, -0.15) is 0 Å². The lowest BCUT2D eigenvalue weighted by Gasteiger charge is -2.05. The Hall–Kier alpha value is -2.80. The van der Waals surface area contributed by atoms with Crippen molar-refractivity contribution in [3.8, 4) is 0 Å². The molecule has 0 aliphatic carbocycles. The number of hydrogen-bond donors (Lipinski definition) is 2. The second kappa shape index (κ2) is 7.46. The molecule has 8 heteroatoms. The van der Waals surface area contributed by atoms with Gasteiger partial charge in [0.2, 0.25) is 5.76 Å². The second-order valence-electron chi connectivity index (χ2n) is 4.42. The van der Waals surface area contributed by atoms with Gasteiger partial charge in [-0.25, -0.2) is 9.59 Å². The molecule has 7 nitrogen and oxygen atoms in total. The number of rotatable bonds is 5. The molecule has 2 N–H and O–H groups in total. The molecule has 0 fully saturated rings. The minimum absolute atomic E-state index is 0.0637. The molecule has 0 atom stereocenters. The van der Waals surface area contributed by atoms with Gasteiger partial charge >= 0.3 is 12.0 Å². The number of fused-ring (bicyclic) bond motifs is 1. The summed E-state index contributed by atoms with van der Waals surface area (Å²) < 4.78 is 10.1. The molecular formula is C15H13ClN2O5. The number of benzene rings is 1. The first-order chi connectivity index (χ1) is 11.0. The Balaban J connectivity index is 1.89. The fraction of sp³-hybridized carbons (Fsp3) is 0.133. The van der Waals surface area contributed by atoms with Crippen LogP contribution >= 0.6 is 11.6 Å². The highest BCUT2D eigenvalue weighted by Crippen LogP contribution is 2.23. The van der Waals surface area contributed by atoms with Gasteiger partial charge < -0.3 is 14.5 Å². The summed E-state index contributed by atoms with van der Waals surface area (Å²) >= 11 is 5.84. The van der Waals surface area contributed by atoms with Gasteiger partial charge in [0.15, 0.2) is 6.61 Å². The lowest BCUT2D eigenvalue weighted by Crippen LogP contribution is -2.41. The molecule has 3 amide bonds. The summed E-state index contributed by atoms with van der Waals surface area (Å²) in [5.74, 6) is -1.65. The zero-order valence-corrected chi connectivity index (χ0v) is 12.7. The summed E-state index contributed by atoms with van der Waals surface area (Å²) in [6, 6.07) is 5.62. The van der Waals surface area contributed by atoms with Gasteiger partial charge in [-0.05, 0) is 24.3 Å². The van der Waals surface area contributed by atoms with Crippen LogP contribution in [0.3, 0.4) is 0 Å². The molecule has 2 aromatic rings. The summed E-state index contributed by atoms with van der Waals surface area (Å²) in [6.45, 7) is 3.01. The molecule has 120 valence electrons. The van der Waals surface area contributed by atoms with Crippen molar-refractivity contribution < 1.29 is 23.5 Å². The smallest absolute Gasteiger partial charge is 0.374 e. The summed E-state index contributed by atoms with van der Waals surface area (Å²) in [4.78, 5) is 34.5. The van der Waals surface area contributed by atoms with Crippen LogP contribution in [0.1, 0.15) is 10.6 Å². The molecule has 0 unspecified atom stereocenters. The number of urea groups is 1. The van der Waals surface area contributed by atoms with E-state index < -0.39 is 24.5 Å². The zero-order chi connectivity index (χ0) is 16.8. The molecule has 1 aromatic heterocycles. The molecule has 0 spiro atoms. The van der Waals surface area contributed by atoms with E-state index in [9.17, 15) is 14.4 Å². The van der Waals surface area contributed by atoms with Gasteiger partial charge in [0.1, 0.15) is 5.58 Å². The SMILES string of the molecule is C=CCNC(=O)NC(=O)COC(=O)c1cc2cc(Cl)ccc2o1. The standard InChI is InChI=1S/C15H13ClN2O5/c1-2-5-17-15(21)18-13(19)8-22-14(20)12-7-9-6-10(16)3-4-11(9)23-12/h2-4,6-7H,1,5,8H2,(H2,17,18,19,21). The fourth-order valence-electron chi connectivity index (χ4n) is 1.69. The number of amides is 3.